The SMILES string of the molecule is O=C(Nc1ccc(F)c(F)c1)C(=O)c1c[nH]c2cc(F)ccc12. The Labute approximate surface area is 127 Å². The van der Waals surface area contributed by atoms with Gasteiger partial charge in [-0.1, -0.05) is 0 Å². The van der Waals surface area contributed by atoms with E-state index in [2.05, 4.69) is 10.3 Å². The number of nitrogens with one attached hydrogen (secondary N) is 2. The van der Waals surface area contributed by atoms with E-state index < -0.39 is 29.1 Å². The smallest absolute Gasteiger partial charge is 0.296 e. The minimum Gasteiger partial charge on any atom is -0.360 e. The summed E-state index contributed by atoms with van der Waals surface area (Å²) in [6.07, 6.45) is 1.29. The number of amides is 1. The van der Waals surface area contributed by atoms with Crippen LogP contribution in [0.4, 0.5) is 18.9 Å². The summed E-state index contributed by atoms with van der Waals surface area (Å²) in [5, 5.41) is 2.58. The van der Waals surface area contributed by atoms with E-state index in [9.17, 15) is 22.8 Å². The van der Waals surface area contributed by atoms with E-state index in [1.165, 1.54) is 24.4 Å². The lowest BCUT2D eigenvalue weighted by Gasteiger charge is -2.04. The van der Waals surface area contributed by atoms with Crippen LogP contribution in [0.2, 0.25) is 0 Å². The number of anilines is 1. The molecule has 116 valence electrons. The van der Waals surface area contributed by atoms with Crippen molar-refractivity contribution in [2.45, 2.75) is 0 Å². The molecule has 0 radical (unpaired) electrons. The zero-order valence-electron chi connectivity index (χ0n) is 11.5. The van der Waals surface area contributed by atoms with Crippen molar-refractivity contribution in [3.05, 3.63) is 65.6 Å². The van der Waals surface area contributed by atoms with Gasteiger partial charge in [-0.05, 0) is 30.3 Å². The highest BCUT2D eigenvalue weighted by molar-refractivity contribution is 6.48. The highest BCUT2D eigenvalue weighted by atomic mass is 19.2. The third kappa shape index (κ3) is 2.80. The number of Topliss-reactive ketones (excluding diaryl/α,β-unsaturated/α-hetero) is 1. The largest absolute Gasteiger partial charge is 0.360 e. The van der Waals surface area contributed by atoms with Gasteiger partial charge < -0.3 is 10.3 Å². The number of aromatic nitrogens is 1. The molecule has 3 aromatic rings. The van der Waals surface area contributed by atoms with E-state index in [1.807, 2.05) is 0 Å². The third-order valence-electron chi connectivity index (χ3n) is 3.27. The summed E-state index contributed by atoms with van der Waals surface area (Å²) in [5.74, 6) is -4.58. The fraction of sp³-hybridized carbons (Fsp3) is 0. The molecule has 2 N–H and O–H groups in total. The predicted octanol–water partition coefficient (Wildman–Crippen LogP) is 3.41. The molecule has 0 bridgehead atoms. The summed E-state index contributed by atoms with van der Waals surface area (Å²) in [5.41, 5.74) is 0.377. The second-order valence-electron chi connectivity index (χ2n) is 4.80. The van der Waals surface area contributed by atoms with Crippen molar-refractivity contribution in [2.24, 2.45) is 0 Å². The van der Waals surface area contributed by atoms with Gasteiger partial charge in [0, 0.05) is 28.9 Å². The fourth-order valence-corrected chi connectivity index (χ4v) is 2.17. The van der Waals surface area contributed by atoms with Crippen molar-refractivity contribution in [2.75, 3.05) is 5.32 Å². The van der Waals surface area contributed by atoms with Crippen LogP contribution >= 0.6 is 0 Å². The number of carbonyl (C=O) groups is 2. The molecule has 2 aromatic carbocycles. The molecule has 0 saturated carbocycles. The monoisotopic (exact) mass is 318 g/mol. The van der Waals surface area contributed by atoms with Crippen LogP contribution in [0.1, 0.15) is 10.4 Å². The first-order valence-corrected chi connectivity index (χ1v) is 6.53. The van der Waals surface area contributed by atoms with Gasteiger partial charge in [-0.25, -0.2) is 13.2 Å². The van der Waals surface area contributed by atoms with E-state index in [4.69, 9.17) is 0 Å². The normalized spacial score (nSPS) is 10.7. The molecule has 0 atom stereocenters. The molecule has 1 amide bonds. The topological polar surface area (TPSA) is 62.0 Å². The summed E-state index contributed by atoms with van der Waals surface area (Å²) in [6, 6.07) is 6.47. The van der Waals surface area contributed by atoms with Crippen LogP contribution in [0.15, 0.2) is 42.6 Å². The van der Waals surface area contributed by atoms with Gasteiger partial charge in [0.05, 0.1) is 5.56 Å². The van der Waals surface area contributed by atoms with Crippen LogP contribution < -0.4 is 5.32 Å². The predicted molar refractivity (Wildman–Crippen MR) is 77.6 cm³/mol. The fourth-order valence-electron chi connectivity index (χ4n) is 2.17. The van der Waals surface area contributed by atoms with Gasteiger partial charge in [-0.15, -0.1) is 0 Å². The molecule has 0 aliphatic heterocycles. The number of benzene rings is 2. The number of H-pyrrole nitrogens is 1. The van der Waals surface area contributed by atoms with Gasteiger partial charge >= 0.3 is 0 Å². The van der Waals surface area contributed by atoms with Crippen molar-refractivity contribution in [1.82, 2.24) is 4.98 Å². The first-order chi connectivity index (χ1) is 11.0. The van der Waals surface area contributed by atoms with Crippen LogP contribution in [0.5, 0.6) is 0 Å². The van der Waals surface area contributed by atoms with Crippen molar-refractivity contribution in [3.8, 4) is 0 Å². The lowest BCUT2D eigenvalue weighted by atomic mass is 10.1. The molecule has 0 saturated heterocycles. The first kappa shape index (κ1) is 14.8. The zero-order valence-corrected chi connectivity index (χ0v) is 11.5. The summed E-state index contributed by atoms with van der Waals surface area (Å²) in [4.78, 5) is 26.8. The summed E-state index contributed by atoms with van der Waals surface area (Å²) in [7, 11) is 0. The maximum absolute atomic E-state index is 13.1. The summed E-state index contributed by atoms with van der Waals surface area (Å²) in [6.45, 7) is 0. The van der Waals surface area contributed by atoms with Crippen molar-refractivity contribution in [1.29, 1.82) is 0 Å². The molecular formula is C16H9F3N2O2. The minimum atomic E-state index is -1.14. The Balaban J connectivity index is 1.86. The van der Waals surface area contributed by atoms with E-state index >= 15 is 0 Å². The van der Waals surface area contributed by atoms with Gasteiger partial charge in [0.15, 0.2) is 11.6 Å². The first-order valence-electron chi connectivity index (χ1n) is 6.53. The lowest BCUT2D eigenvalue weighted by molar-refractivity contribution is -0.112. The molecule has 0 spiro atoms. The third-order valence-corrected chi connectivity index (χ3v) is 3.27. The Bertz CT molecular complexity index is 934. The quantitative estimate of drug-likeness (QED) is 0.574. The molecule has 23 heavy (non-hydrogen) atoms. The standard InChI is InChI=1S/C16H9F3N2O2/c17-8-1-3-10-11(7-20-14(10)5-8)15(22)16(23)21-9-2-4-12(18)13(19)6-9/h1-7,20H,(H,21,23). The Morgan fingerprint density at radius 2 is 1.74 bits per heavy atom. The second-order valence-corrected chi connectivity index (χ2v) is 4.80. The molecule has 3 rings (SSSR count). The zero-order chi connectivity index (χ0) is 16.6. The molecule has 1 aromatic heterocycles. The highest BCUT2D eigenvalue weighted by Crippen LogP contribution is 2.20. The molecule has 7 heteroatoms. The van der Waals surface area contributed by atoms with Crippen LogP contribution in [-0.4, -0.2) is 16.7 Å². The number of carbonyl (C=O) groups excluding carboxylic acids is 2. The Morgan fingerprint density at radius 3 is 2.48 bits per heavy atom. The minimum absolute atomic E-state index is 0.0480. The van der Waals surface area contributed by atoms with Crippen molar-refractivity contribution < 1.29 is 22.8 Å². The summed E-state index contributed by atoms with van der Waals surface area (Å²) >= 11 is 0. The number of hydrogen-bond donors (Lipinski definition) is 2. The van der Waals surface area contributed by atoms with Gasteiger partial charge in [-0.2, -0.15) is 0 Å². The summed E-state index contributed by atoms with van der Waals surface area (Å²) < 4.78 is 39.0. The van der Waals surface area contributed by atoms with E-state index in [-0.39, 0.29) is 11.3 Å². The number of halogens is 3. The van der Waals surface area contributed by atoms with Crippen molar-refractivity contribution >= 4 is 28.3 Å². The molecule has 0 fully saturated rings. The van der Waals surface area contributed by atoms with Gasteiger partial charge in [-0.3, -0.25) is 9.59 Å². The van der Waals surface area contributed by atoms with Crippen LogP contribution in [0.25, 0.3) is 10.9 Å². The molecule has 4 nitrogen and oxygen atoms in total. The highest BCUT2D eigenvalue weighted by Gasteiger charge is 2.20. The second kappa shape index (κ2) is 5.60. The molecule has 0 aliphatic carbocycles. The van der Waals surface area contributed by atoms with Crippen LogP contribution in [0, 0.1) is 17.5 Å². The molecule has 0 unspecified atom stereocenters. The molecular weight excluding hydrogens is 309 g/mol. The Morgan fingerprint density at radius 1 is 0.957 bits per heavy atom. The van der Waals surface area contributed by atoms with Crippen LogP contribution in [-0.2, 0) is 4.79 Å². The average Bonchev–Trinajstić information content (AvgIpc) is 2.93. The average molecular weight is 318 g/mol. The number of fused-ring (bicyclic) bond motifs is 1. The lowest BCUT2D eigenvalue weighted by Crippen LogP contribution is -2.22. The number of rotatable bonds is 3. The number of aromatic amines is 1. The Hall–Kier alpha value is -3.09. The van der Waals surface area contributed by atoms with Crippen LogP contribution in [0.3, 0.4) is 0 Å². The van der Waals surface area contributed by atoms with Gasteiger partial charge in [0.2, 0.25) is 0 Å². The van der Waals surface area contributed by atoms with E-state index in [1.54, 1.807) is 0 Å². The number of ketones is 1. The van der Waals surface area contributed by atoms with Gasteiger partial charge in [0.25, 0.3) is 11.7 Å². The maximum atomic E-state index is 13.1. The maximum Gasteiger partial charge on any atom is 0.296 e. The number of hydrogen-bond acceptors (Lipinski definition) is 2. The van der Waals surface area contributed by atoms with E-state index in [0.717, 1.165) is 18.2 Å². The van der Waals surface area contributed by atoms with Gasteiger partial charge in [0.1, 0.15) is 5.82 Å². The Kier molecular flexibility index (Phi) is 3.61. The van der Waals surface area contributed by atoms with Crippen molar-refractivity contribution in [3.63, 3.8) is 0 Å². The van der Waals surface area contributed by atoms with E-state index in [0.29, 0.717) is 10.9 Å². The molecule has 0 aliphatic rings. The molecule has 1 heterocycles.